The summed E-state index contributed by atoms with van der Waals surface area (Å²) in [7, 11) is 1.63. The number of nitrogens with zero attached hydrogens (tertiary/aromatic N) is 1. The summed E-state index contributed by atoms with van der Waals surface area (Å²) in [5.41, 5.74) is 1.92. The van der Waals surface area contributed by atoms with E-state index in [2.05, 4.69) is 15.9 Å². The lowest BCUT2D eigenvalue weighted by Gasteiger charge is -2.17. The summed E-state index contributed by atoms with van der Waals surface area (Å²) in [5, 5.41) is 9.73. The molecule has 5 heteroatoms. The van der Waals surface area contributed by atoms with E-state index in [0.717, 1.165) is 21.5 Å². The van der Waals surface area contributed by atoms with Crippen LogP contribution in [0, 0.1) is 11.8 Å². The number of anilines is 1. The third-order valence-corrected chi connectivity index (χ3v) is 5.06. The monoisotopic (exact) mass is 389 g/mol. The van der Waals surface area contributed by atoms with E-state index in [0.29, 0.717) is 13.0 Å². The maximum atomic E-state index is 12.9. The Hall–Kier alpha value is -1.85. The third-order valence-electron chi connectivity index (χ3n) is 4.53. The number of ether oxygens (including phenoxy) is 1. The van der Waals surface area contributed by atoms with Gasteiger partial charge < -0.3 is 14.7 Å². The van der Waals surface area contributed by atoms with Gasteiger partial charge >= 0.3 is 0 Å². The zero-order valence-electron chi connectivity index (χ0n) is 13.5. The Labute approximate surface area is 150 Å². The molecule has 0 radical (unpaired) electrons. The molecule has 0 unspecified atom stereocenters. The molecule has 4 nitrogen and oxygen atoms in total. The Morgan fingerprint density at radius 3 is 2.67 bits per heavy atom. The first-order chi connectivity index (χ1) is 11.6. The van der Waals surface area contributed by atoms with Crippen molar-refractivity contribution in [2.24, 2.45) is 11.8 Å². The quantitative estimate of drug-likeness (QED) is 0.853. The van der Waals surface area contributed by atoms with E-state index in [1.807, 2.05) is 48.5 Å². The van der Waals surface area contributed by atoms with Gasteiger partial charge in [0.05, 0.1) is 7.11 Å². The van der Waals surface area contributed by atoms with Gasteiger partial charge in [0.2, 0.25) is 5.91 Å². The van der Waals surface area contributed by atoms with E-state index in [9.17, 15) is 9.90 Å². The van der Waals surface area contributed by atoms with E-state index in [-0.39, 0.29) is 24.3 Å². The van der Waals surface area contributed by atoms with Crippen LogP contribution in [-0.4, -0.2) is 31.3 Å². The topological polar surface area (TPSA) is 49.8 Å². The van der Waals surface area contributed by atoms with Crippen LogP contribution < -0.4 is 9.64 Å². The fourth-order valence-electron chi connectivity index (χ4n) is 3.20. The molecular weight excluding hydrogens is 370 g/mol. The van der Waals surface area contributed by atoms with Gasteiger partial charge in [0.15, 0.2) is 0 Å². The molecule has 0 saturated carbocycles. The molecule has 126 valence electrons. The third kappa shape index (κ3) is 3.47. The Morgan fingerprint density at radius 2 is 2.00 bits per heavy atom. The van der Waals surface area contributed by atoms with Gasteiger partial charge in [0.25, 0.3) is 0 Å². The summed E-state index contributed by atoms with van der Waals surface area (Å²) >= 11 is 3.41. The Balaban J connectivity index is 1.81. The van der Waals surface area contributed by atoms with Gasteiger partial charge in [-0.2, -0.15) is 0 Å². The van der Waals surface area contributed by atoms with E-state index in [1.165, 1.54) is 0 Å². The lowest BCUT2D eigenvalue weighted by Crippen LogP contribution is -2.27. The number of benzene rings is 2. The first kappa shape index (κ1) is 17.0. The predicted octanol–water partition coefficient (Wildman–Crippen LogP) is 3.27. The standard InChI is InChI=1S/C19H20BrNO3/c1-24-17-4-2-3-13(9-17)10-18-14(12-22)11-21(19(18)23)16-7-5-15(20)6-8-16/h2-9,14,18,22H,10-12H2,1H3/t14-,18-/m1/s1. The van der Waals surface area contributed by atoms with Gasteiger partial charge in [-0.05, 0) is 48.4 Å². The molecular formula is C19H20BrNO3. The first-order valence-electron chi connectivity index (χ1n) is 7.93. The number of amides is 1. The molecule has 0 spiro atoms. The minimum Gasteiger partial charge on any atom is -0.497 e. The fraction of sp³-hybridized carbons (Fsp3) is 0.316. The highest BCUT2D eigenvalue weighted by atomic mass is 79.9. The number of rotatable bonds is 5. The number of carbonyl (C=O) groups is 1. The van der Waals surface area contributed by atoms with Crippen molar-refractivity contribution in [3.63, 3.8) is 0 Å². The van der Waals surface area contributed by atoms with E-state index in [4.69, 9.17) is 4.74 Å². The van der Waals surface area contributed by atoms with E-state index < -0.39 is 0 Å². The molecule has 1 N–H and O–H groups in total. The fourth-order valence-corrected chi connectivity index (χ4v) is 3.46. The largest absolute Gasteiger partial charge is 0.497 e. The highest BCUT2D eigenvalue weighted by Gasteiger charge is 2.40. The second-order valence-corrected chi connectivity index (χ2v) is 6.95. The van der Waals surface area contributed by atoms with Crippen LogP contribution in [0.5, 0.6) is 5.75 Å². The Bertz CT molecular complexity index is 717. The van der Waals surface area contributed by atoms with Crippen LogP contribution in [0.25, 0.3) is 0 Å². The molecule has 2 atom stereocenters. The molecule has 1 aliphatic heterocycles. The highest BCUT2D eigenvalue weighted by Crippen LogP contribution is 2.32. The van der Waals surface area contributed by atoms with Crippen LogP contribution in [-0.2, 0) is 11.2 Å². The zero-order chi connectivity index (χ0) is 17.1. The first-order valence-corrected chi connectivity index (χ1v) is 8.72. The summed E-state index contributed by atoms with van der Waals surface area (Å²) in [6.07, 6.45) is 0.605. The number of halogens is 1. The molecule has 1 heterocycles. The van der Waals surface area contributed by atoms with Crippen molar-refractivity contribution in [2.45, 2.75) is 6.42 Å². The highest BCUT2D eigenvalue weighted by molar-refractivity contribution is 9.10. The van der Waals surface area contributed by atoms with Crippen LogP contribution in [0.4, 0.5) is 5.69 Å². The summed E-state index contributed by atoms with van der Waals surface area (Å²) < 4.78 is 6.23. The van der Waals surface area contributed by atoms with Gasteiger partial charge in [-0.3, -0.25) is 4.79 Å². The van der Waals surface area contributed by atoms with Crippen molar-refractivity contribution in [1.82, 2.24) is 0 Å². The van der Waals surface area contributed by atoms with Crippen LogP contribution >= 0.6 is 15.9 Å². The van der Waals surface area contributed by atoms with Crippen molar-refractivity contribution < 1.29 is 14.6 Å². The van der Waals surface area contributed by atoms with Gasteiger partial charge in [-0.15, -0.1) is 0 Å². The molecule has 1 fully saturated rings. The molecule has 0 aliphatic carbocycles. The Kier molecular flexibility index (Phi) is 5.21. The molecule has 0 aromatic heterocycles. The van der Waals surface area contributed by atoms with Crippen LogP contribution in [0.1, 0.15) is 5.56 Å². The van der Waals surface area contributed by atoms with E-state index in [1.54, 1.807) is 12.0 Å². The molecule has 24 heavy (non-hydrogen) atoms. The summed E-state index contributed by atoms with van der Waals surface area (Å²) in [4.78, 5) is 14.7. The van der Waals surface area contributed by atoms with Crippen molar-refractivity contribution in [2.75, 3.05) is 25.2 Å². The number of methoxy groups -OCH3 is 1. The van der Waals surface area contributed by atoms with Gasteiger partial charge in [0, 0.05) is 35.1 Å². The van der Waals surface area contributed by atoms with E-state index >= 15 is 0 Å². The number of hydrogen-bond donors (Lipinski definition) is 1. The van der Waals surface area contributed by atoms with Crippen molar-refractivity contribution in [1.29, 1.82) is 0 Å². The normalized spacial score (nSPS) is 20.5. The SMILES string of the molecule is COc1cccc(C[C@H]2C(=O)N(c3ccc(Br)cc3)C[C@@H]2CO)c1. The molecule has 2 aromatic carbocycles. The number of carbonyl (C=O) groups excluding carboxylic acids is 1. The molecule has 1 saturated heterocycles. The average Bonchev–Trinajstić information content (AvgIpc) is 2.92. The minimum atomic E-state index is -0.217. The van der Waals surface area contributed by atoms with Gasteiger partial charge in [-0.1, -0.05) is 28.1 Å². The molecule has 1 amide bonds. The average molecular weight is 390 g/mol. The smallest absolute Gasteiger partial charge is 0.230 e. The number of hydrogen-bond acceptors (Lipinski definition) is 3. The van der Waals surface area contributed by atoms with Gasteiger partial charge in [0.1, 0.15) is 5.75 Å². The van der Waals surface area contributed by atoms with Crippen LogP contribution in [0.3, 0.4) is 0 Å². The van der Waals surface area contributed by atoms with Gasteiger partial charge in [-0.25, -0.2) is 0 Å². The predicted molar refractivity (Wildman–Crippen MR) is 97.3 cm³/mol. The molecule has 3 rings (SSSR count). The minimum absolute atomic E-state index is 0.00734. The molecule has 2 aromatic rings. The van der Waals surface area contributed by atoms with Crippen LogP contribution in [0.15, 0.2) is 53.0 Å². The maximum absolute atomic E-state index is 12.9. The van der Waals surface area contributed by atoms with Crippen molar-refractivity contribution in [3.05, 3.63) is 58.6 Å². The van der Waals surface area contributed by atoms with Crippen molar-refractivity contribution in [3.8, 4) is 5.75 Å². The summed E-state index contributed by atoms with van der Waals surface area (Å²) in [6, 6.07) is 15.4. The molecule has 0 bridgehead atoms. The number of aliphatic hydroxyl groups is 1. The summed E-state index contributed by atoms with van der Waals surface area (Å²) in [5.74, 6) is 0.570. The summed E-state index contributed by atoms with van der Waals surface area (Å²) in [6.45, 7) is 0.555. The Morgan fingerprint density at radius 1 is 1.25 bits per heavy atom. The maximum Gasteiger partial charge on any atom is 0.230 e. The van der Waals surface area contributed by atoms with Crippen molar-refractivity contribution >= 4 is 27.5 Å². The lowest BCUT2D eigenvalue weighted by molar-refractivity contribution is -0.121. The lowest BCUT2D eigenvalue weighted by atomic mass is 9.89. The zero-order valence-corrected chi connectivity index (χ0v) is 15.1. The second-order valence-electron chi connectivity index (χ2n) is 6.03. The molecule has 1 aliphatic rings. The number of aliphatic hydroxyl groups excluding tert-OH is 1. The second kappa shape index (κ2) is 7.36. The van der Waals surface area contributed by atoms with Crippen LogP contribution in [0.2, 0.25) is 0 Å².